The zero-order chi connectivity index (χ0) is 19.9. The largest absolute Gasteiger partial charge is 0.513 e. The second-order valence-electron chi connectivity index (χ2n) is 5.35. The minimum Gasteiger partial charge on any atom is -0.465 e. The van der Waals surface area contributed by atoms with Crippen LogP contribution in [0.4, 0.5) is 5.69 Å². The zero-order valence-corrected chi connectivity index (χ0v) is 15.6. The predicted octanol–water partition coefficient (Wildman–Crippen LogP) is 3.70. The Morgan fingerprint density at radius 1 is 1.11 bits per heavy atom. The fourth-order valence-corrected chi connectivity index (χ4v) is 3.54. The first-order chi connectivity index (χ1) is 12.8. The lowest BCUT2D eigenvalue weighted by Crippen LogP contribution is -2.35. The molecule has 0 saturated heterocycles. The number of rotatable bonds is 9. The summed E-state index contributed by atoms with van der Waals surface area (Å²) in [6.07, 6.45) is 0. The highest BCUT2D eigenvalue weighted by molar-refractivity contribution is 7.52. The maximum absolute atomic E-state index is 13.2. The van der Waals surface area contributed by atoms with Crippen molar-refractivity contribution in [3.8, 4) is 11.5 Å². The summed E-state index contributed by atoms with van der Waals surface area (Å²) < 4.78 is 29.0. The molecule has 0 fully saturated rings. The van der Waals surface area contributed by atoms with Gasteiger partial charge in [-0.05, 0) is 38.1 Å². The fourth-order valence-electron chi connectivity index (χ4n) is 2.02. The van der Waals surface area contributed by atoms with E-state index in [9.17, 15) is 19.5 Å². The van der Waals surface area contributed by atoms with Crippen molar-refractivity contribution in [2.75, 3.05) is 6.61 Å². The van der Waals surface area contributed by atoms with Gasteiger partial charge in [-0.3, -0.25) is 14.9 Å². The quantitative estimate of drug-likeness (QED) is 0.296. The summed E-state index contributed by atoms with van der Waals surface area (Å²) in [5.41, 5.74) is -0.144. The van der Waals surface area contributed by atoms with Crippen LogP contribution in [0.5, 0.6) is 11.5 Å². The Morgan fingerprint density at radius 3 is 2.19 bits per heavy atom. The molecular formula is C17H19N2O7P. The van der Waals surface area contributed by atoms with Gasteiger partial charge >= 0.3 is 13.7 Å². The SMILES string of the molecule is CCOC(=O)C(C)N[P@](=O)(Oc1ccccc1)Oc1ccc([N+](=O)[O-])cc1. The number of nitrogens with zero attached hydrogens (tertiary/aromatic N) is 1. The number of para-hydroxylation sites is 1. The number of hydrogen-bond donors (Lipinski definition) is 1. The van der Waals surface area contributed by atoms with E-state index < -0.39 is 24.7 Å². The van der Waals surface area contributed by atoms with Crippen molar-refractivity contribution in [3.63, 3.8) is 0 Å². The second kappa shape index (κ2) is 9.16. The Hall–Kier alpha value is -2.90. The first-order valence-corrected chi connectivity index (χ1v) is 9.60. The smallest absolute Gasteiger partial charge is 0.465 e. The molecule has 0 bridgehead atoms. The maximum Gasteiger partial charge on any atom is 0.513 e. The minimum absolute atomic E-state index is 0.0726. The third-order valence-electron chi connectivity index (χ3n) is 3.23. The summed E-state index contributed by atoms with van der Waals surface area (Å²) in [5.74, 6) is -0.295. The Kier molecular flexibility index (Phi) is 6.92. The van der Waals surface area contributed by atoms with Crippen molar-refractivity contribution >= 4 is 19.4 Å². The van der Waals surface area contributed by atoms with Crippen LogP contribution in [-0.4, -0.2) is 23.5 Å². The molecule has 144 valence electrons. The number of benzene rings is 2. The highest BCUT2D eigenvalue weighted by Crippen LogP contribution is 2.45. The number of non-ortho nitro benzene ring substituents is 1. The van der Waals surface area contributed by atoms with E-state index >= 15 is 0 Å². The van der Waals surface area contributed by atoms with Gasteiger partial charge in [-0.15, -0.1) is 0 Å². The molecule has 27 heavy (non-hydrogen) atoms. The molecule has 2 rings (SSSR count). The molecule has 2 aromatic carbocycles. The summed E-state index contributed by atoms with van der Waals surface area (Å²) in [7, 11) is -4.06. The lowest BCUT2D eigenvalue weighted by atomic mass is 10.3. The van der Waals surface area contributed by atoms with Crippen LogP contribution in [-0.2, 0) is 14.1 Å². The molecular weight excluding hydrogens is 375 g/mol. The van der Waals surface area contributed by atoms with Gasteiger partial charge in [0.25, 0.3) is 5.69 Å². The van der Waals surface area contributed by atoms with Gasteiger partial charge < -0.3 is 13.8 Å². The molecule has 2 aromatic rings. The van der Waals surface area contributed by atoms with E-state index in [1.165, 1.54) is 31.2 Å². The van der Waals surface area contributed by atoms with E-state index in [0.29, 0.717) is 0 Å². The summed E-state index contributed by atoms with van der Waals surface area (Å²) in [6, 6.07) is 12.3. The van der Waals surface area contributed by atoms with Crippen LogP contribution in [0.15, 0.2) is 54.6 Å². The van der Waals surface area contributed by atoms with Crippen molar-refractivity contribution in [1.29, 1.82) is 0 Å². The molecule has 0 aliphatic heterocycles. The van der Waals surface area contributed by atoms with Crippen molar-refractivity contribution in [2.45, 2.75) is 19.9 Å². The van der Waals surface area contributed by atoms with Gasteiger partial charge in [0.1, 0.15) is 17.5 Å². The van der Waals surface area contributed by atoms with Gasteiger partial charge in [-0.2, -0.15) is 5.09 Å². The standard InChI is InChI=1S/C17H19N2O7P/c1-3-24-17(20)13(2)18-27(23,25-15-7-5-4-6-8-15)26-16-11-9-14(10-12-16)19(21)22/h4-13H,3H2,1-2H3,(H,18,23)/t13?,27-/m0/s1. The van der Waals surface area contributed by atoms with Gasteiger partial charge in [-0.25, -0.2) is 4.57 Å². The molecule has 0 aromatic heterocycles. The molecule has 1 N–H and O–H groups in total. The number of carbonyl (C=O) groups excluding carboxylic acids is 1. The Bertz CT molecular complexity index is 827. The first-order valence-electron chi connectivity index (χ1n) is 8.06. The molecule has 0 saturated carbocycles. The number of hydrogen-bond acceptors (Lipinski definition) is 7. The van der Waals surface area contributed by atoms with Crippen molar-refractivity contribution < 1.29 is 28.1 Å². The van der Waals surface area contributed by atoms with Crippen LogP contribution < -0.4 is 14.1 Å². The lowest BCUT2D eigenvalue weighted by molar-refractivity contribution is -0.384. The summed E-state index contributed by atoms with van der Waals surface area (Å²) in [6.45, 7) is 3.27. The van der Waals surface area contributed by atoms with E-state index in [4.69, 9.17) is 13.8 Å². The highest BCUT2D eigenvalue weighted by atomic mass is 31.2. The van der Waals surface area contributed by atoms with Gasteiger partial charge in [0.15, 0.2) is 0 Å². The number of carbonyl (C=O) groups is 1. The summed E-state index contributed by atoms with van der Waals surface area (Å²) in [4.78, 5) is 22.0. The third-order valence-corrected chi connectivity index (χ3v) is 4.84. The predicted molar refractivity (Wildman–Crippen MR) is 97.6 cm³/mol. The van der Waals surface area contributed by atoms with Crippen LogP contribution in [0.3, 0.4) is 0 Å². The molecule has 9 nitrogen and oxygen atoms in total. The molecule has 0 amide bonds. The average Bonchev–Trinajstić information content (AvgIpc) is 2.62. The van der Waals surface area contributed by atoms with Crippen molar-refractivity contribution in [2.24, 2.45) is 0 Å². The molecule has 1 unspecified atom stereocenters. The Morgan fingerprint density at radius 2 is 1.67 bits per heavy atom. The Labute approximate surface area is 156 Å². The molecule has 0 spiro atoms. The number of ether oxygens (including phenoxy) is 1. The molecule has 0 aliphatic rings. The number of nitro groups is 1. The van der Waals surface area contributed by atoms with Crippen LogP contribution >= 0.6 is 7.75 Å². The molecule has 0 radical (unpaired) electrons. The number of nitro benzene ring substituents is 1. The third kappa shape index (κ3) is 6.09. The van der Waals surface area contributed by atoms with E-state index in [1.807, 2.05) is 0 Å². The highest BCUT2D eigenvalue weighted by Gasteiger charge is 2.33. The van der Waals surface area contributed by atoms with Crippen LogP contribution in [0.2, 0.25) is 0 Å². The van der Waals surface area contributed by atoms with Crippen LogP contribution in [0.1, 0.15) is 13.8 Å². The van der Waals surface area contributed by atoms with Gasteiger partial charge in [0, 0.05) is 12.1 Å². The van der Waals surface area contributed by atoms with E-state index in [0.717, 1.165) is 0 Å². The minimum atomic E-state index is -4.06. The second-order valence-corrected chi connectivity index (χ2v) is 6.97. The van der Waals surface area contributed by atoms with Crippen molar-refractivity contribution in [1.82, 2.24) is 5.09 Å². The van der Waals surface area contributed by atoms with Crippen LogP contribution in [0.25, 0.3) is 0 Å². The monoisotopic (exact) mass is 394 g/mol. The fraction of sp³-hybridized carbons (Fsp3) is 0.235. The van der Waals surface area contributed by atoms with E-state index in [-0.39, 0.29) is 23.8 Å². The molecule has 0 aliphatic carbocycles. The van der Waals surface area contributed by atoms with Gasteiger partial charge in [0.2, 0.25) is 0 Å². The van der Waals surface area contributed by atoms with Gasteiger partial charge in [-0.1, -0.05) is 18.2 Å². The molecule has 2 atom stereocenters. The average molecular weight is 394 g/mol. The summed E-state index contributed by atoms with van der Waals surface area (Å²) >= 11 is 0. The van der Waals surface area contributed by atoms with E-state index in [1.54, 1.807) is 37.3 Å². The topological polar surface area (TPSA) is 117 Å². The first kappa shape index (κ1) is 20.4. The maximum atomic E-state index is 13.2. The summed E-state index contributed by atoms with van der Waals surface area (Å²) in [5, 5.41) is 13.3. The number of esters is 1. The van der Waals surface area contributed by atoms with E-state index in [2.05, 4.69) is 5.09 Å². The Balaban J connectivity index is 2.23. The molecule has 10 heteroatoms. The number of nitrogens with one attached hydrogen (secondary N) is 1. The van der Waals surface area contributed by atoms with Crippen molar-refractivity contribution in [3.05, 3.63) is 64.7 Å². The lowest BCUT2D eigenvalue weighted by Gasteiger charge is -2.23. The normalized spacial score (nSPS) is 13.9. The zero-order valence-electron chi connectivity index (χ0n) is 14.7. The van der Waals surface area contributed by atoms with Crippen LogP contribution in [0, 0.1) is 10.1 Å². The van der Waals surface area contributed by atoms with Gasteiger partial charge in [0.05, 0.1) is 11.5 Å². The molecule has 0 heterocycles.